The number of halogens is 1. The molecule has 136 valence electrons. The summed E-state index contributed by atoms with van der Waals surface area (Å²) in [5.41, 5.74) is 0.0912. The number of aryl methyl sites for hydroxylation is 1. The Labute approximate surface area is 149 Å². The van der Waals surface area contributed by atoms with Crippen molar-refractivity contribution in [2.24, 2.45) is 7.05 Å². The average Bonchev–Trinajstić information content (AvgIpc) is 2.63. The van der Waals surface area contributed by atoms with Gasteiger partial charge in [-0.25, -0.2) is 4.39 Å². The van der Waals surface area contributed by atoms with Crippen LogP contribution in [0.5, 0.6) is 0 Å². The van der Waals surface area contributed by atoms with Crippen molar-refractivity contribution in [3.8, 4) is 12.3 Å². The molecule has 0 atom stereocenters. The number of terminal acetylenes is 1. The van der Waals surface area contributed by atoms with Gasteiger partial charge in [-0.1, -0.05) is 5.92 Å². The first-order valence-corrected chi connectivity index (χ1v) is 7.66. The molecule has 0 spiro atoms. The van der Waals surface area contributed by atoms with E-state index in [2.05, 4.69) is 16.6 Å². The molecular formula is C18H18FN3O4. The fraction of sp³-hybridized carbons (Fsp3) is 0.222. The van der Waals surface area contributed by atoms with Gasteiger partial charge >= 0.3 is 0 Å². The Morgan fingerprint density at radius 3 is 2.58 bits per heavy atom. The van der Waals surface area contributed by atoms with Crippen molar-refractivity contribution in [2.45, 2.75) is 6.04 Å². The number of benzene rings is 1. The summed E-state index contributed by atoms with van der Waals surface area (Å²) in [4.78, 5) is 24.3. The summed E-state index contributed by atoms with van der Waals surface area (Å²) in [6, 6.07) is 4.35. The highest BCUT2D eigenvalue weighted by Gasteiger charge is 2.18. The van der Waals surface area contributed by atoms with Crippen LogP contribution >= 0.6 is 0 Å². The van der Waals surface area contributed by atoms with Gasteiger partial charge in [-0.2, -0.15) is 0 Å². The number of hydrogen-bond acceptors (Lipinski definition) is 5. The molecule has 1 aromatic heterocycles. The van der Waals surface area contributed by atoms with Gasteiger partial charge in [-0.3, -0.25) is 9.59 Å². The van der Waals surface area contributed by atoms with Crippen molar-refractivity contribution in [1.29, 1.82) is 0 Å². The number of aromatic nitrogens is 1. The van der Waals surface area contributed by atoms with Crippen LogP contribution in [-0.4, -0.2) is 39.9 Å². The second kappa shape index (κ2) is 8.29. The Morgan fingerprint density at radius 2 is 2.00 bits per heavy atom. The number of pyridine rings is 1. The molecule has 8 heteroatoms. The molecule has 4 N–H and O–H groups in total. The van der Waals surface area contributed by atoms with Crippen LogP contribution in [0.15, 0.2) is 35.3 Å². The third kappa shape index (κ3) is 4.27. The summed E-state index contributed by atoms with van der Waals surface area (Å²) in [6.45, 7) is -0.919. The Bertz CT molecular complexity index is 914. The average molecular weight is 359 g/mol. The Kier molecular flexibility index (Phi) is 6.11. The molecule has 2 aromatic rings. The zero-order valence-corrected chi connectivity index (χ0v) is 14.0. The zero-order valence-electron chi connectivity index (χ0n) is 14.0. The molecule has 0 fully saturated rings. The molecule has 0 aliphatic heterocycles. The number of aliphatic hydroxyl groups is 2. The first-order valence-electron chi connectivity index (χ1n) is 7.66. The van der Waals surface area contributed by atoms with E-state index < -0.39 is 36.5 Å². The van der Waals surface area contributed by atoms with Crippen molar-refractivity contribution < 1.29 is 19.4 Å². The quantitative estimate of drug-likeness (QED) is 0.557. The molecule has 1 amide bonds. The summed E-state index contributed by atoms with van der Waals surface area (Å²) in [5.74, 6) is 1.02. The molecule has 0 saturated heterocycles. The van der Waals surface area contributed by atoms with E-state index in [4.69, 9.17) is 16.6 Å². The molecule has 0 radical (unpaired) electrons. The van der Waals surface area contributed by atoms with Crippen LogP contribution in [0.4, 0.5) is 15.8 Å². The Hall–Kier alpha value is -3.15. The number of nitrogens with zero attached hydrogens (tertiary/aromatic N) is 1. The summed E-state index contributed by atoms with van der Waals surface area (Å²) in [6.07, 6.45) is 6.50. The van der Waals surface area contributed by atoms with Crippen molar-refractivity contribution in [3.63, 3.8) is 0 Å². The molecule has 1 aromatic carbocycles. The molecule has 0 aliphatic rings. The number of carbonyl (C=O) groups excluding carboxylic acids is 1. The van der Waals surface area contributed by atoms with E-state index >= 15 is 0 Å². The highest BCUT2D eigenvalue weighted by molar-refractivity contribution is 6.00. The largest absolute Gasteiger partial charge is 0.394 e. The molecule has 0 bridgehead atoms. The van der Waals surface area contributed by atoms with E-state index in [9.17, 15) is 14.0 Å². The van der Waals surface area contributed by atoms with Gasteiger partial charge in [0.05, 0.1) is 36.2 Å². The van der Waals surface area contributed by atoms with E-state index in [0.29, 0.717) is 5.56 Å². The number of nitrogens with one attached hydrogen (secondary N) is 2. The molecule has 2 rings (SSSR count). The molecule has 0 saturated carbocycles. The van der Waals surface area contributed by atoms with Crippen molar-refractivity contribution in [3.05, 3.63) is 57.8 Å². The molecule has 0 unspecified atom stereocenters. The monoisotopic (exact) mass is 359 g/mol. The van der Waals surface area contributed by atoms with Crippen LogP contribution in [-0.2, 0) is 7.05 Å². The minimum atomic E-state index is -0.862. The minimum absolute atomic E-state index is 0.0344. The van der Waals surface area contributed by atoms with Crippen LogP contribution in [0.25, 0.3) is 0 Å². The number of anilines is 2. The first-order chi connectivity index (χ1) is 12.4. The van der Waals surface area contributed by atoms with Gasteiger partial charge < -0.3 is 25.4 Å². The van der Waals surface area contributed by atoms with Gasteiger partial charge in [0, 0.05) is 24.9 Å². The third-order valence-electron chi connectivity index (χ3n) is 3.65. The summed E-state index contributed by atoms with van der Waals surface area (Å²) in [7, 11) is 1.46. The Balaban J connectivity index is 2.42. The predicted octanol–water partition coefficient (Wildman–Crippen LogP) is 0.332. The number of carbonyl (C=O) groups is 1. The summed E-state index contributed by atoms with van der Waals surface area (Å²) in [5, 5.41) is 23.3. The van der Waals surface area contributed by atoms with Crippen LogP contribution in [0.3, 0.4) is 0 Å². The highest BCUT2D eigenvalue weighted by atomic mass is 19.1. The SMILES string of the molecule is C#Cc1ccc(Nc2cc(=O)n(C)cc2C(=O)NC(CO)CO)c(F)c1. The summed E-state index contributed by atoms with van der Waals surface area (Å²) >= 11 is 0. The van der Waals surface area contributed by atoms with E-state index in [0.717, 1.165) is 12.1 Å². The third-order valence-corrected chi connectivity index (χ3v) is 3.65. The lowest BCUT2D eigenvalue weighted by Crippen LogP contribution is -2.40. The van der Waals surface area contributed by atoms with E-state index in [1.165, 1.54) is 29.9 Å². The maximum Gasteiger partial charge on any atom is 0.255 e. The maximum atomic E-state index is 14.1. The fourth-order valence-corrected chi connectivity index (χ4v) is 2.18. The number of amides is 1. The van der Waals surface area contributed by atoms with E-state index in [1.54, 1.807) is 0 Å². The predicted molar refractivity (Wildman–Crippen MR) is 94.7 cm³/mol. The van der Waals surface area contributed by atoms with Crippen molar-refractivity contribution in [1.82, 2.24) is 9.88 Å². The van der Waals surface area contributed by atoms with Gasteiger partial charge in [0.15, 0.2) is 0 Å². The number of hydrogen-bond donors (Lipinski definition) is 4. The maximum absolute atomic E-state index is 14.1. The number of aliphatic hydroxyl groups excluding tert-OH is 2. The van der Waals surface area contributed by atoms with Crippen LogP contribution in [0.2, 0.25) is 0 Å². The molecular weight excluding hydrogens is 341 g/mol. The fourth-order valence-electron chi connectivity index (χ4n) is 2.18. The van der Waals surface area contributed by atoms with Crippen LogP contribution in [0.1, 0.15) is 15.9 Å². The Morgan fingerprint density at radius 1 is 1.31 bits per heavy atom. The molecule has 1 heterocycles. The topological polar surface area (TPSA) is 104 Å². The smallest absolute Gasteiger partial charge is 0.255 e. The van der Waals surface area contributed by atoms with Crippen molar-refractivity contribution >= 4 is 17.3 Å². The van der Waals surface area contributed by atoms with Crippen LogP contribution in [0, 0.1) is 18.2 Å². The minimum Gasteiger partial charge on any atom is -0.394 e. The second-order valence-electron chi connectivity index (χ2n) is 5.55. The van der Waals surface area contributed by atoms with Gasteiger partial charge in [0.25, 0.3) is 11.5 Å². The molecule has 26 heavy (non-hydrogen) atoms. The normalized spacial score (nSPS) is 10.5. The van der Waals surface area contributed by atoms with Crippen LogP contribution < -0.4 is 16.2 Å². The molecule has 7 nitrogen and oxygen atoms in total. The summed E-state index contributed by atoms with van der Waals surface area (Å²) < 4.78 is 15.3. The van der Waals surface area contributed by atoms with E-state index in [1.807, 2.05) is 0 Å². The number of rotatable bonds is 6. The lowest BCUT2D eigenvalue weighted by Gasteiger charge is -2.17. The van der Waals surface area contributed by atoms with Gasteiger partial charge in [0.2, 0.25) is 0 Å². The standard InChI is InChI=1S/C18H18FN3O4/c1-3-11-4-5-15(14(19)6-11)21-16-7-17(25)22(2)8-13(16)18(26)20-12(9-23)10-24/h1,4-8,12,21,23-24H,9-10H2,2H3,(H,20,26). The van der Waals surface area contributed by atoms with Gasteiger partial charge in [-0.15, -0.1) is 6.42 Å². The lowest BCUT2D eigenvalue weighted by molar-refractivity contribution is 0.0879. The van der Waals surface area contributed by atoms with Gasteiger partial charge in [-0.05, 0) is 18.2 Å². The highest BCUT2D eigenvalue weighted by Crippen LogP contribution is 2.23. The van der Waals surface area contributed by atoms with Gasteiger partial charge in [0.1, 0.15) is 5.82 Å². The second-order valence-corrected chi connectivity index (χ2v) is 5.55. The van der Waals surface area contributed by atoms with E-state index in [-0.39, 0.29) is 16.9 Å². The van der Waals surface area contributed by atoms with Crippen molar-refractivity contribution in [2.75, 3.05) is 18.5 Å². The molecule has 0 aliphatic carbocycles. The zero-order chi connectivity index (χ0) is 19.3. The first kappa shape index (κ1) is 19.2. The lowest BCUT2D eigenvalue weighted by atomic mass is 10.1.